The molecule has 0 unspecified atom stereocenters. The Morgan fingerprint density at radius 1 is 1.22 bits per heavy atom. The monoisotopic (exact) mass is 520 g/mol. The van der Waals surface area contributed by atoms with Gasteiger partial charge in [-0.1, -0.05) is 23.7 Å². The SMILES string of the molecule is Cc1cc2cc(NC(=N[C@H]3CCCCN(CC(=O)NCCc4ccc(Cl)cc4)C3=O)NC#N)ccc2o1. The van der Waals surface area contributed by atoms with Gasteiger partial charge in [0.1, 0.15) is 17.4 Å². The van der Waals surface area contributed by atoms with Crippen LogP contribution in [-0.2, 0) is 16.0 Å². The van der Waals surface area contributed by atoms with Gasteiger partial charge in [-0.2, -0.15) is 5.26 Å². The molecule has 9 nitrogen and oxygen atoms in total. The number of rotatable bonds is 7. The molecule has 2 heterocycles. The van der Waals surface area contributed by atoms with Gasteiger partial charge in [0.15, 0.2) is 6.19 Å². The number of hydrogen-bond donors (Lipinski definition) is 3. The van der Waals surface area contributed by atoms with Crippen LogP contribution in [0.3, 0.4) is 0 Å². The van der Waals surface area contributed by atoms with Crippen molar-refractivity contribution < 1.29 is 14.0 Å². The first-order valence-corrected chi connectivity index (χ1v) is 12.6. The fourth-order valence-corrected chi connectivity index (χ4v) is 4.41. The van der Waals surface area contributed by atoms with Crippen molar-refractivity contribution in [2.45, 2.75) is 38.6 Å². The predicted octanol–water partition coefficient (Wildman–Crippen LogP) is 3.97. The number of anilines is 1. The Kier molecular flexibility index (Phi) is 8.64. The maximum absolute atomic E-state index is 13.3. The van der Waals surface area contributed by atoms with Crippen molar-refractivity contribution in [3.8, 4) is 6.19 Å². The highest BCUT2D eigenvalue weighted by Gasteiger charge is 2.28. The second-order valence-electron chi connectivity index (χ2n) is 8.95. The van der Waals surface area contributed by atoms with E-state index in [1.807, 2.05) is 61.6 Å². The van der Waals surface area contributed by atoms with Crippen molar-refractivity contribution in [3.63, 3.8) is 0 Å². The van der Waals surface area contributed by atoms with Gasteiger partial charge in [0.2, 0.25) is 17.8 Å². The van der Waals surface area contributed by atoms with E-state index in [-0.39, 0.29) is 24.3 Å². The highest BCUT2D eigenvalue weighted by atomic mass is 35.5. The molecule has 10 heteroatoms. The molecule has 192 valence electrons. The van der Waals surface area contributed by atoms with Crippen LogP contribution in [0.2, 0.25) is 5.02 Å². The van der Waals surface area contributed by atoms with Crippen molar-refractivity contribution >= 4 is 46.0 Å². The van der Waals surface area contributed by atoms with E-state index in [2.05, 4.69) is 20.9 Å². The van der Waals surface area contributed by atoms with Crippen LogP contribution in [0.5, 0.6) is 0 Å². The first-order chi connectivity index (χ1) is 17.9. The number of likely N-dealkylation sites (tertiary alicyclic amines) is 1. The maximum atomic E-state index is 13.3. The van der Waals surface area contributed by atoms with Crippen molar-refractivity contribution in [2.24, 2.45) is 4.99 Å². The molecular formula is C27H29ClN6O3. The highest BCUT2D eigenvalue weighted by molar-refractivity contribution is 6.30. The number of aliphatic imine (C=N–C) groups is 1. The lowest BCUT2D eigenvalue weighted by Gasteiger charge is -2.22. The molecular weight excluding hydrogens is 492 g/mol. The summed E-state index contributed by atoms with van der Waals surface area (Å²) >= 11 is 5.91. The number of nitriles is 1. The van der Waals surface area contributed by atoms with E-state index >= 15 is 0 Å². The number of carbonyl (C=O) groups excluding carboxylic acids is 2. The van der Waals surface area contributed by atoms with Gasteiger partial charge in [0, 0.05) is 29.2 Å². The molecule has 37 heavy (non-hydrogen) atoms. The Labute approximate surface area is 220 Å². The fraction of sp³-hybridized carbons (Fsp3) is 0.333. The smallest absolute Gasteiger partial charge is 0.247 e. The molecule has 0 radical (unpaired) electrons. The lowest BCUT2D eigenvalue weighted by atomic mass is 10.1. The Bertz CT molecular complexity index is 1330. The number of aryl methyl sites for hydroxylation is 1. The summed E-state index contributed by atoms with van der Waals surface area (Å²) in [7, 11) is 0. The summed E-state index contributed by atoms with van der Waals surface area (Å²) in [5.41, 5.74) is 2.53. The van der Waals surface area contributed by atoms with Crippen LogP contribution in [0.25, 0.3) is 11.0 Å². The van der Waals surface area contributed by atoms with Gasteiger partial charge >= 0.3 is 0 Å². The Morgan fingerprint density at radius 2 is 2.03 bits per heavy atom. The minimum absolute atomic E-state index is 0.0313. The fourth-order valence-electron chi connectivity index (χ4n) is 4.28. The second-order valence-corrected chi connectivity index (χ2v) is 9.38. The van der Waals surface area contributed by atoms with Gasteiger partial charge in [0.25, 0.3) is 0 Å². The van der Waals surface area contributed by atoms with Crippen LogP contribution >= 0.6 is 11.6 Å². The van der Waals surface area contributed by atoms with Gasteiger partial charge in [-0.05, 0) is 74.6 Å². The molecule has 0 saturated carbocycles. The number of furan rings is 1. The molecule has 3 N–H and O–H groups in total. The summed E-state index contributed by atoms with van der Waals surface area (Å²) in [5, 5.41) is 19.3. The second kappa shape index (κ2) is 12.3. The summed E-state index contributed by atoms with van der Waals surface area (Å²) in [4.78, 5) is 31.9. The minimum atomic E-state index is -0.701. The zero-order valence-corrected chi connectivity index (χ0v) is 21.3. The lowest BCUT2D eigenvalue weighted by Crippen LogP contribution is -2.44. The van der Waals surface area contributed by atoms with Gasteiger partial charge in [-0.3, -0.25) is 14.9 Å². The largest absolute Gasteiger partial charge is 0.461 e. The van der Waals surface area contributed by atoms with Crippen LogP contribution in [0.15, 0.2) is 57.9 Å². The first-order valence-electron chi connectivity index (χ1n) is 12.2. The van der Waals surface area contributed by atoms with E-state index in [1.54, 1.807) is 4.90 Å². The zero-order valence-electron chi connectivity index (χ0n) is 20.6. The summed E-state index contributed by atoms with van der Waals surface area (Å²) in [5.74, 6) is 0.526. The Morgan fingerprint density at radius 3 is 2.81 bits per heavy atom. The highest BCUT2D eigenvalue weighted by Crippen LogP contribution is 2.23. The lowest BCUT2D eigenvalue weighted by molar-refractivity contribution is -0.136. The minimum Gasteiger partial charge on any atom is -0.461 e. The number of nitrogens with one attached hydrogen (secondary N) is 3. The molecule has 2 aromatic carbocycles. The van der Waals surface area contributed by atoms with Crippen molar-refractivity contribution in [1.29, 1.82) is 5.26 Å². The predicted molar refractivity (Wildman–Crippen MR) is 143 cm³/mol. The maximum Gasteiger partial charge on any atom is 0.247 e. The van der Waals surface area contributed by atoms with E-state index in [1.165, 1.54) is 0 Å². The summed E-state index contributed by atoms with van der Waals surface area (Å²) in [6, 6.07) is 14.2. The average Bonchev–Trinajstić information content (AvgIpc) is 3.16. The normalized spacial score (nSPS) is 16.2. The molecule has 2 amide bonds. The molecule has 4 rings (SSSR count). The molecule has 1 aliphatic rings. The van der Waals surface area contributed by atoms with E-state index in [4.69, 9.17) is 16.0 Å². The van der Waals surface area contributed by atoms with Crippen molar-refractivity contribution in [1.82, 2.24) is 15.5 Å². The van der Waals surface area contributed by atoms with Crippen LogP contribution in [0.1, 0.15) is 30.6 Å². The van der Waals surface area contributed by atoms with E-state index in [9.17, 15) is 14.9 Å². The number of amides is 2. The number of halogens is 1. The molecule has 0 bridgehead atoms. The zero-order chi connectivity index (χ0) is 26.2. The summed E-state index contributed by atoms with van der Waals surface area (Å²) in [6.07, 6.45) is 4.64. The molecule has 1 atom stereocenters. The van der Waals surface area contributed by atoms with Crippen LogP contribution < -0.4 is 16.0 Å². The third-order valence-corrected chi connectivity index (χ3v) is 6.35. The van der Waals surface area contributed by atoms with E-state index in [0.717, 1.165) is 35.1 Å². The third-order valence-electron chi connectivity index (χ3n) is 6.10. The van der Waals surface area contributed by atoms with Gasteiger partial charge in [0.05, 0.1) is 6.54 Å². The standard InChI is InChI=1S/C27H29ClN6O3/c1-18-14-20-15-22(9-10-24(20)37-18)32-27(31-17-29)33-23-4-2-3-13-34(26(23)36)16-25(35)30-12-11-19-5-7-21(28)8-6-19/h5-10,14-15,23H,2-4,11-13,16H2,1H3,(H,30,35)(H2,31,32,33)/t23-/m0/s1. The van der Waals surface area contributed by atoms with Crippen molar-refractivity contribution in [3.05, 3.63) is 64.9 Å². The van der Waals surface area contributed by atoms with Crippen LogP contribution in [-0.4, -0.2) is 48.3 Å². The number of benzene rings is 2. The third kappa shape index (κ3) is 7.24. The molecule has 1 saturated heterocycles. The number of hydrogen-bond acceptors (Lipinski definition) is 5. The molecule has 1 aromatic heterocycles. The van der Waals surface area contributed by atoms with Crippen LogP contribution in [0.4, 0.5) is 5.69 Å². The summed E-state index contributed by atoms with van der Waals surface area (Å²) < 4.78 is 5.61. The average molecular weight is 521 g/mol. The number of guanidine groups is 1. The Balaban J connectivity index is 1.38. The number of fused-ring (bicyclic) bond motifs is 1. The van der Waals surface area contributed by atoms with Gasteiger partial charge in [-0.15, -0.1) is 0 Å². The molecule has 3 aromatic rings. The quantitative estimate of drug-likeness (QED) is 0.187. The topological polar surface area (TPSA) is 123 Å². The van der Waals surface area contributed by atoms with E-state index < -0.39 is 6.04 Å². The number of carbonyl (C=O) groups is 2. The number of nitrogens with zero attached hydrogens (tertiary/aromatic N) is 3. The van der Waals surface area contributed by atoms with Gasteiger partial charge < -0.3 is 20.0 Å². The Hall–Kier alpha value is -4.03. The molecule has 0 spiro atoms. The summed E-state index contributed by atoms with van der Waals surface area (Å²) in [6.45, 7) is 2.79. The van der Waals surface area contributed by atoms with Crippen LogP contribution in [0, 0.1) is 18.4 Å². The van der Waals surface area contributed by atoms with Crippen molar-refractivity contribution in [2.75, 3.05) is 25.0 Å². The van der Waals surface area contributed by atoms with Gasteiger partial charge in [-0.25, -0.2) is 4.99 Å². The molecule has 1 fully saturated rings. The molecule has 0 aliphatic carbocycles. The van der Waals surface area contributed by atoms with E-state index in [0.29, 0.717) is 36.6 Å². The first kappa shape index (κ1) is 26.0. The molecule has 1 aliphatic heterocycles.